The summed E-state index contributed by atoms with van der Waals surface area (Å²) in [6.07, 6.45) is 0. The molecule has 0 aliphatic rings. The van der Waals surface area contributed by atoms with Crippen LogP contribution in [0.3, 0.4) is 0 Å². The van der Waals surface area contributed by atoms with E-state index in [1.807, 2.05) is 13.0 Å². The number of ether oxygens (including phenoxy) is 2. The normalized spacial score (nSPS) is 11.8. The number of nitro groups is 1. The molecule has 2 aromatic carbocycles. The Morgan fingerprint density at radius 3 is 2.59 bits per heavy atom. The van der Waals surface area contributed by atoms with Gasteiger partial charge < -0.3 is 13.9 Å². The van der Waals surface area contributed by atoms with Gasteiger partial charge in [0.25, 0.3) is 10.9 Å². The highest BCUT2D eigenvalue weighted by atomic mass is 32.2. The molecule has 8 nitrogen and oxygen atoms in total. The van der Waals surface area contributed by atoms with E-state index in [0.29, 0.717) is 28.2 Å². The Hall–Kier alpha value is -3.07. The molecule has 3 aromatic rings. The molecular formula is C18H17N3O5S. The van der Waals surface area contributed by atoms with Gasteiger partial charge >= 0.3 is 0 Å². The van der Waals surface area contributed by atoms with E-state index in [2.05, 4.69) is 10.2 Å². The van der Waals surface area contributed by atoms with Crippen LogP contribution in [-0.4, -0.2) is 29.3 Å². The fourth-order valence-corrected chi connectivity index (χ4v) is 3.25. The van der Waals surface area contributed by atoms with Crippen LogP contribution in [0.1, 0.15) is 17.7 Å². The summed E-state index contributed by atoms with van der Waals surface area (Å²) in [4.78, 5) is 10.5. The van der Waals surface area contributed by atoms with E-state index in [-0.39, 0.29) is 10.9 Å². The van der Waals surface area contributed by atoms with Gasteiger partial charge in [0.15, 0.2) is 11.5 Å². The van der Waals surface area contributed by atoms with Crippen LogP contribution in [0.4, 0.5) is 5.69 Å². The minimum atomic E-state index is -0.414. The van der Waals surface area contributed by atoms with Crippen LogP contribution in [0.2, 0.25) is 0 Å². The highest BCUT2D eigenvalue weighted by Gasteiger charge is 2.17. The number of hydrogen-bond acceptors (Lipinski definition) is 8. The number of nitro benzene ring substituents is 1. The Morgan fingerprint density at radius 1 is 1.11 bits per heavy atom. The highest BCUT2D eigenvalue weighted by Crippen LogP contribution is 2.37. The smallest absolute Gasteiger partial charge is 0.277 e. The number of rotatable bonds is 7. The van der Waals surface area contributed by atoms with Crippen LogP contribution < -0.4 is 9.47 Å². The van der Waals surface area contributed by atoms with Gasteiger partial charge in [0.1, 0.15) is 0 Å². The molecule has 1 heterocycles. The summed E-state index contributed by atoms with van der Waals surface area (Å²) in [5, 5.41) is 19.3. The van der Waals surface area contributed by atoms with E-state index in [9.17, 15) is 10.1 Å². The van der Waals surface area contributed by atoms with Crippen molar-refractivity contribution < 1.29 is 18.8 Å². The van der Waals surface area contributed by atoms with Crippen molar-refractivity contribution in [2.45, 2.75) is 17.4 Å². The molecule has 9 heteroatoms. The van der Waals surface area contributed by atoms with Crippen molar-refractivity contribution >= 4 is 17.4 Å². The van der Waals surface area contributed by atoms with Crippen molar-refractivity contribution in [2.75, 3.05) is 14.2 Å². The van der Waals surface area contributed by atoms with Gasteiger partial charge in [0.2, 0.25) is 5.89 Å². The van der Waals surface area contributed by atoms with Crippen LogP contribution in [0.15, 0.2) is 52.1 Å². The lowest BCUT2D eigenvalue weighted by Gasteiger charge is -2.08. The lowest BCUT2D eigenvalue weighted by atomic mass is 10.1. The molecule has 1 aromatic heterocycles. The Labute approximate surface area is 159 Å². The predicted molar refractivity (Wildman–Crippen MR) is 100 cm³/mol. The summed E-state index contributed by atoms with van der Waals surface area (Å²) in [5.41, 5.74) is 1.56. The first kappa shape index (κ1) is 18.7. The van der Waals surface area contributed by atoms with Crippen molar-refractivity contribution in [3.8, 4) is 23.0 Å². The van der Waals surface area contributed by atoms with Crippen LogP contribution in [0, 0.1) is 10.1 Å². The third-order valence-corrected chi connectivity index (χ3v) is 4.86. The molecule has 27 heavy (non-hydrogen) atoms. The second-order valence-electron chi connectivity index (χ2n) is 5.56. The van der Waals surface area contributed by atoms with Gasteiger partial charge in [0.05, 0.1) is 19.1 Å². The molecule has 140 valence electrons. The summed E-state index contributed by atoms with van der Waals surface area (Å²) in [5.74, 6) is 1.52. The molecule has 0 saturated heterocycles. The first-order valence-corrected chi connectivity index (χ1v) is 8.86. The van der Waals surface area contributed by atoms with Gasteiger partial charge in [-0.2, -0.15) is 0 Å². The molecule has 0 fully saturated rings. The molecule has 1 atom stereocenters. The lowest BCUT2D eigenvalue weighted by Crippen LogP contribution is -1.92. The Morgan fingerprint density at radius 2 is 1.89 bits per heavy atom. The zero-order valence-electron chi connectivity index (χ0n) is 14.9. The number of benzene rings is 2. The second-order valence-corrected chi connectivity index (χ2v) is 6.85. The van der Waals surface area contributed by atoms with Gasteiger partial charge in [0, 0.05) is 22.9 Å². The monoisotopic (exact) mass is 387 g/mol. The first-order valence-electron chi connectivity index (χ1n) is 7.98. The molecule has 0 aliphatic heterocycles. The highest BCUT2D eigenvalue weighted by molar-refractivity contribution is 7.99. The zero-order valence-corrected chi connectivity index (χ0v) is 15.7. The summed E-state index contributed by atoms with van der Waals surface area (Å²) in [6.45, 7) is 1.92. The summed E-state index contributed by atoms with van der Waals surface area (Å²) >= 11 is 1.33. The van der Waals surface area contributed by atoms with Gasteiger partial charge in [-0.25, -0.2) is 0 Å². The van der Waals surface area contributed by atoms with Crippen molar-refractivity contribution in [3.05, 3.63) is 58.1 Å². The summed E-state index contributed by atoms with van der Waals surface area (Å²) in [7, 11) is 3.12. The second kappa shape index (κ2) is 8.09. The average molecular weight is 387 g/mol. The summed E-state index contributed by atoms with van der Waals surface area (Å²) < 4.78 is 16.2. The third-order valence-electron chi connectivity index (χ3n) is 3.86. The largest absolute Gasteiger partial charge is 0.493 e. The Kier molecular flexibility index (Phi) is 5.60. The fraction of sp³-hybridized carbons (Fsp3) is 0.222. The molecule has 0 saturated carbocycles. The molecule has 3 rings (SSSR count). The number of nitrogens with zero attached hydrogens (tertiary/aromatic N) is 3. The zero-order chi connectivity index (χ0) is 19.4. The first-order chi connectivity index (χ1) is 13.0. The van der Waals surface area contributed by atoms with E-state index >= 15 is 0 Å². The Balaban J connectivity index is 1.78. The van der Waals surface area contributed by atoms with Crippen molar-refractivity contribution in [2.24, 2.45) is 0 Å². The molecule has 0 bridgehead atoms. The van der Waals surface area contributed by atoms with E-state index < -0.39 is 4.92 Å². The van der Waals surface area contributed by atoms with Crippen molar-refractivity contribution in [1.82, 2.24) is 10.2 Å². The Bertz CT molecular complexity index is 960. The van der Waals surface area contributed by atoms with E-state index in [1.165, 1.54) is 17.8 Å². The van der Waals surface area contributed by atoms with Gasteiger partial charge in [-0.15, -0.1) is 10.2 Å². The van der Waals surface area contributed by atoms with Gasteiger partial charge in [-0.3, -0.25) is 10.1 Å². The molecular weight excluding hydrogens is 370 g/mol. The summed E-state index contributed by atoms with van der Waals surface area (Å²) in [6, 6.07) is 11.8. The number of methoxy groups -OCH3 is 2. The minimum Gasteiger partial charge on any atom is -0.493 e. The predicted octanol–water partition coefficient (Wildman–Crippen LogP) is 4.52. The maximum atomic E-state index is 10.9. The van der Waals surface area contributed by atoms with E-state index in [1.54, 1.807) is 44.6 Å². The standard InChI is InChI=1S/C18H17N3O5S/c1-11(12-5-4-6-14(9-12)21(22)23)27-18-20-19-17(26-18)13-7-8-15(24-2)16(10-13)25-3/h4-11H,1-3H3. The van der Waals surface area contributed by atoms with E-state index in [0.717, 1.165) is 5.56 Å². The van der Waals surface area contributed by atoms with E-state index in [4.69, 9.17) is 13.9 Å². The quantitative estimate of drug-likeness (QED) is 0.331. The van der Waals surface area contributed by atoms with Crippen LogP contribution >= 0.6 is 11.8 Å². The maximum absolute atomic E-state index is 10.9. The molecule has 0 spiro atoms. The average Bonchev–Trinajstić information content (AvgIpc) is 3.15. The number of aromatic nitrogens is 2. The van der Waals surface area contributed by atoms with Crippen LogP contribution in [-0.2, 0) is 0 Å². The van der Waals surface area contributed by atoms with Gasteiger partial charge in [-0.05, 0) is 30.7 Å². The molecule has 0 aliphatic carbocycles. The van der Waals surface area contributed by atoms with Crippen molar-refractivity contribution in [3.63, 3.8) is 0 Å². The molecule has 0 N–H and O–H groups in total. The minimum absolute atomic E-state index is 0.0523. The topological polar surface area (TPSA) is 101 Å². The van der Waals surface area contributed by atoms with Gasteiger partial charge in [-0.1, -0.05) is 23.9 Å². The van der Waals surface area contributed by atoms with Crippen LogP contribution in [0.25, 0.3) is 11.5 Å². The number of hydrogen-bond donors (Lipinski definition) is 0. The number of non-ortho nitro benzene ring substituents is 1. The molecule has 0 radical (unpaired) electrons. The molecule has 1 unspecified atom stereocenters. The van der Waals surface area contributed by atoms with Crippen LogP contribution in [0.5, 0.6) is 11.5 Å². The van der Waals surface area contributed by atoms with Crippen molar-refractivity contribution in [1.29, 1.82) is 0 Å². The maximum Gasteiger partial charge on any atom is 0.277 e. The lowest BCUT2D eigenvalue weighted by molar-refractivity contribution is -0.384. The SMILES string of the molecule is COc1ccc(-c2nnc(SC(C)c3cccc([N+](=O)[O-])c3)o2)cc1OC. The third kappa shape index (κ3) is 4.20. The molecule has 0 amide bonds. The number of thioether (sulfide) groups is 1. The fourth-order valence-electron chi connectivity index (χ4n) is 2.45.